The van der Waals surface area contributed by atoms with Gasteiger partial charge in [-0.1, -0.05) is 0 Å². The maximum Gasteiger partial charge on any atom is 0.239 e. The van der Waals surface area contributed by atoms with Gasteiger partial charge in [-0.05, 0) is 68.6 Å². The molecule has 0 aromatic carbocycles. The molecule has 2 atom stereocenters. The third-order valence-corrected chi connectivity index (χ3v) is 6.05. The van der Waals surface area contributed by atoms with Crippen molar-refractivity contribution in [1.29, 1.82) is 0 Å². The van der Waals surface area contributed by atoms with Crippen molar-refractivity contribution in [1.82, 2.24) is 5.32 Å². The lowest BCUT2D eigenvalue weighted by molar-refractivity contribution is -0.128. The number of hydrogen-bond acceptors (Lipinski definition) is 3. The van der Waals surface area contributed by atoms with Crippen LogP contribution in [0.25, 0.3) is 0 Å². The summed E-state index contributed by atoms with van der Waals surface area (Å²) in [7, 11) is 1.58. The number of methoxy groups -OCH3 is 1. The highest BCUT2D eigenvalue weighted by Gasteiger charge is 2.53. The fourth-order valence-electron chi connectivity index (χ4n) is 5.44. The number of amides is 1. The van der Waals surface area contributed by atoms with Gasteiger partial charge in [-0.25, -0.2) is 0 Å². The number of carbonyl (C=O) groups is 1. The first-order chi connectivity index (χ1) is 9.52. The highest BCUT2D eigenvalue weighted by Crippen LogP contribution is 2.61. The van der Waals surface area contributed by atoms with E-state index in [0.29, 0.717) is 12.0 Å². The Morgan fingerprint density at radius 1 is 1.24 bits per heavy atom. The summed E-state index contributed by atoms with van der Waals surface area (Å²) >= 11 is 0. The van der Waals surface area contributed by atoms with Gasteiger partial charge in [-0.2, -0.15) is 0 Å². The van der Waals surface area contributed by atoms with Crippen LogP contribution in [0.1, 0.15) is 45.4 Å². The summed E-state index contributed by atoms with van der Waals surface area (Å²) in [6, 6.07) is -0.303. The summed E-state index contributed by atoms with van der Waals surface area (Å²) in [5, 5.41) is 3.18. The summed E-state index contributed by atoms with van der Waals surface area (Å²) in [4.78, 5) is 12.1. The topological polar surface area (TPSA) is 64.3 Å². The molecule has 0 aromatic heterocycles. The summed E-state index contributed by atoms with van der Waals surface area (Å²) < 4.78 is 4.97. The number of ether oxygens (including phenoxy) is 1. The Bertz CT molecular complexity index is 353. The van der Waals surface area contributed by atoms with E-state index in [1.54, 1.807) is 7.11 Å². The van der Waals surface area contributed by atoms with Crippen molar-refractivity contribution in [3.05, 3.63) is 0 Å². The zero-order valence-corrected chi connectivity index (χ0v) is 14.0. The standard InChI is InChI=1S/C16H28N2O2.ClH/c1-10(18-15(19)14(17)9-20-2)16-6-11-3-12(7-16)5-13(4-11)8-16;/h10-14H,3-9,17H2,1-2H3,(H,18,19);1H. The van der Waals surface area contributed by atoms with E-state index in [1.807, 2.05) is 0 Å². The summed E-state index contributed by atoms with van der Waals surface area (Å²) in [5.41, 5.74) is 6.17. The number of nitrogens with one attached hydrogen (secondary N) is 1. The lowest BCUT2D eigenvalue weighted by atomic mass is 9.48. The van der Waals surface area contributed by atoms with Crippen LogP contribution in [0, 0.1) is 23.2 Å². The van der Waals surface area contributed by atoms with E-state index >= 15 is 0 Å². The quantitative estimate of drug-likeness (QED) is 0.816. The van der Waals surface area contributed by atoms with Crippen molar-refractivity contribution in [3.63, 3.8) is 0 Å². The van der Waals surface area contributed by atoms with Crippen molar-refractivity contribution in [2.45, 2.75) is 57.5 Å². The Kier molecular flexibility index (Phi) is 5.22. The Hall–Kier alpha value is -0.320. The fourth-order valence-corrected chi connectivity index (χ4v) is 5.44. The van der Waals surface area contributed by atoms with Gasteiger partial charge in [0.15, 0.2) is 0 Å². The van der Waals surface area contributed by atoms with Gasteiger partial charge in [0.1, 0.15) is 6.04 Å². The monoisotopic (exact) mass is 316 g/mol. The second kappa shape index (κ2) is 6.43. The second-order valence-corrected chi connectivity index (χ2v) is 7.57. The fraction of sp³-hybridized carbons (Fsp3) is 0.938. The van der Waals surface area contributed by atoms with E-state index in [9.17, 15) is 4.79 Å². The first-order valence-corrected chi connectivity index (χ1v) is 8.07. The molecule has 5 heteroatoms. The minimum absolute atomic E-state index is 0. The van der Waals surface area contributed by atoms with Crippen LogP contribution in [-0.2, 0) is 9.53 Å². The molecule has 4 rings (SSSR count). The summed E-state index contributed by atoms with van der Waals surface area (Å²) in [6.45, 7) is 2.48. The molecule has 21 heavy (non-hydrogen) atoms. The smallest absolute Gasteiger partial charge is 0.239 e. The highest BCUT2D eigenvalue weighted by atomic mass is 35.5. The molecule has 4 aliphatic rings. The lowest BCUT2D eigenvalue weighted by Crippen LogP contribution is -2.58. The number of carbonyl (C=O) groups excluding carboxylic acids is 1. The van der Waals surface area contributed by atoms with Crippen molar-refractivity contribution in [2.24, 2.45) is 28.9 Å². The molecule has 0 spiro atoms. The molecule has 0 saturated heterocycles. The van der Waals surface area contributed by atoms with E-state index in [2.05, 4.69) is 12.2 Å². The van der Waals surface area contributed by atoms with Crippen LogP contribution in [0.15, 0.2) is 0 Å². The Morgan fingerprint density at radius 3 is 2.14 bits per heavy atom. The van der Waals surface area contributed by atoms with Crippen LogP contribution >= 0.6 is 12.4 Å². The molecule has 2 unspecified atom stereocenters. The van der Waals surface area contributed by atoms with E-state index < -0.39 is 6.04 Å². The van der Waals surface area contributed by atoms with Crippen LogP contribution in [0.4, 0.5) is 0 Å². The molecule has 0 aromatic rings. The number of nitrogens with two attached hydrogens (primary N) is 1. The molecule has 4 nitrogen and oxygen atoms in total. The van der Waals surface area contributed by atoms with Crippen molar-refractivity contribution in [3.8, 4) is 0 Å². The summed E-state index contributed by atoms with van der Waals surface area (Å²) in [5.74, 6) is 2.67. The van der Waals surface area contributed by atoms with Gasteiger partial charge in [-0.15, -0.1) is 12.4 Å². The lowest BCUT2D eigenvalue weighted by Gasteiger charge is -2.59. The third kappa shape index (κ3) is 3.22. The normalized spacial score (nSPS) is 39.5. The average molecular weight is 317 g/mol. The molecule has 4 aliphatic carbocycles. The number of hydrogen-bond donors (Lipinski definition) is 2. The van der Waals surface area contributed by atoms with Gasteiger partial charge in [-0.3, -0.25) is 4.79 Å². The van der Waals surface area contributed by atoms with Gasteiger partial charge in [0, 0.05) is 13.2 Å². The molecule has 0 radical (unpaired) electrons. The van der Waals surface area contributed by atoms with E-state index in [4.69, 9.17) is 10.5 Å². The molecular formula is C16H29ClN2O2. The van der Waals surface area contributed by atoms with E-state index in [1.165, 1.54) is 38.5 Å². The molecule has 4 saturated carbocycles. The van der Waals surface area contributed by atoms with Crippen molar-refractivity contribution < 1.29 is 9.53 Å². The van der Waals surface area contributed by atoms with Crippen LogP contribution in [0.5, 0.6) is 0 Å². The number of rotatable bonds is 5. The van der Waals surface area contributed by atoms with Crippen LogP contribution in [-0.4, -0.2) is 31.7 Å². The zero-order valence-electron chi connectivity index (χ0n) is 13.1. The van der Waals surface area contributed by atoms with Gasteiger partial charge in [0.25, 0.3) is 0 Å². The molecule has 3 N–H and O–H groups in total. The molecule has 122 valence electrons. The van der Waals surface area contributed by atoms with Gasteiger partial charge in [0.2, 0.25) is 5.91 Å². The van der Waals surface area contributed by atoms with Gasteiger partial charge < -0.3 is 15.8 Å². The predicted octanol–water partition coefficient (Wildman–Crippen LogP) is 2.10. The van der Waals surface area contributed by atoms with Crippen LogP contribution in [0.2, 0.25) is 0 Å². The minimum Gasteiger partial charge on any atom is -0.383 e. The van der Waals surface area contributed by atoms with Gasteiger partial charge in [0.05, 0.1) is 6.61 Å². The molecular weight excluding hydrogens is 288 g/mol. The molecule has 4 fully saturated rings. The Balaban J connectivity index is 0.00000161. The zero-order chi connectivity index (χ0) is 14.3. The predicted molar refractivity (Wildman–Crippen MR) is 85.3 cm³/mol. The molecule has 0 heterocycles. The first-order valence-electron chi connectivity index (χ1n) is 8.07. The maximum atomic E-state index is 12.1. The average Bonchev–Trinajstić information content (AvgIpc) is 2.37. The third-order valence-electron chi connectivity index (χ3n) is 6.05. The largest absolute Gasteiger partial charge is 0.383 e. The first kappa shape index (κ1) is 17.0. The van der Waals surface area contributed by atoms with Crippen molar-refractivity contribution >= 4 is 18.3 Å². The Morgan fingerprint density at radius 2 is 1.71 bits per heavy atom. The summed E-state index contributed by atoms with van der Waals surface area (Å²) in [6.07, 6.45) is 8.22. The maximum absolute atomic E-state index is 12.1. The molecule has 0 aliphatic heterocycles. The SMILES string of the molecule is COCC(N)C(=O)NC(C)C12CC3CC(CC(C3)C1)C2.Cl. The highest BCUT2D eigenvalue weighted by molar-refractivity contribution is 5.85. The molecule has 4 bridgehead atoms. The second-order valence-electron chi connectivity index (χ2n) is 7.57. The van der Waals surface area contributed by atoms with Crippen molar-refractivity contribution in [2.75, 3.05) is 13.7 Å². The molecule has 1 amide bonds. The van der Waals surface area contributed by atoms with E-state index in [0.717, 1.165) is 17.8 Å². The van der Waals surface area contributed by atoms with Crippen LogP contribution in [0.3, 0.4) is 0 Å². The van der Waals surface area contributed by atoms with E-state index in [-0.39, 0.29) is 24.4 Å². The Labute approximate surface area is 134 Å². The van der Waals surface area contributed by atoms with Gasteiger partial charge >= 0.3 is 0 Å². The minimum atomic E-state index is -0.545. The van der Waals surface area contributed by atoms with Crippen LogP contribution < -0.4 is 11.1 Å². The number of halogens is 1.